The Hall–Kier alpha value is -1.30. The third kappa shape index (κ3) is 3.37. The van der Waals surface area contributed by atoms with E-state index in [4.69, 9.17) is 5.73 Å². The molecule has 1 atom stereocenters. The van der Waals surface area contributed by atoms with Gasteiger partial charge in [-0.3, -0.25) is 4.79 Å². The first-order valence-corrected chi connectivity index (χ1v) is 5.40. The maximum atomic E-state index is 11.9. The van der Waals surface area contributed by atoms with Gasteiger partial charge in [-0.05, 0) is 20.8 Å². The Morgan fingerprint density at radius 3 is 2.56 bits per heavy atom. The number of hydrogen-bond donors (Lipinski definition) is 3. The minimum atomic E-state index is -0.559. The highest BCUT2D eigenvalue weighted by molar-refractivity contribution is 5.86. The van der Waals surface area contributed by atoms with Crippen molar-refractivity contribution >= 4 is 11.9 Å². The molecule has 0 aromatic heterocycles. The molecule has 92 valence electrons. The summed E-state index contributed by atoms with van der Waals surface area (Å²) in [5.74, 6) is -0.476. The van der Waals surface area contributed by atoms with E-state index in [1.165, 1.54) is 4.90 Å². The first-order valence-electron chi connectivity index (χ1n) is 5.40. The second kappa shape index (κ2) is 4.69. The Kier molecular flexibility index (Phi) is 3.74. The van der Waals surface area contributed by atoms with Crippen LogP contribution in [0.25, 0.3) is 0 Å². The van der Waals surface area contributed by atoms with E-state index in [-0.39, 0.29) is 11.6 Å². The molecule has 1 saturated heterocycles. The molecule has 16 heavy (non-hydrogen) atoms. The van der Waals surface area contributed by atoms with Gasteiger partial charge in [0.25, 0.3) is 0 Å². The van der Waals surface area contributed by atoms with Gasteiger partial charge in [-0.25, -0.2) is 4.79 Å². The average molecular weight is 228 g/mol. The number of nitrogens with one attached hydrogen (secondary N) is 2. The summed E-state index contributed by atoms with van der Waals surface area (Å²) in [5.41, 5.74) is 4.94. The van der Waals surface area contributed by atoms with Crippen LogP contribution >= 0.6 is 0 Å². The van der Waals surface area contributed by atoms with Crippen LogP contribution in [-0.4, -0.2) is 48.1 Å². The molecule has 0 radical (unpaired) electrons. The molecule has 1 unspecified atom stereocenters. The summed E-state index contributed by atoms with van der Waals surface area (Å²) >= 11 is 0. The third-order valence-corrected chi connectivity index (χ3v) is 2.31. The molecule has 0 spiro atoms. The van der Waals surface area contributed by atoms with Crippen LogP contribution < -0.4 is 16.4 Å². The minimum Gasteiger partial charge on any atom is -0.368 e. The van der Waals surface area contributed by atoms with Crippen molar-refractivity contribution in [2.75, 3.05) is 19.6 Å². The summed E-state index contributed by atoms with van der Waals surface area (Å²) in [4.78, 5) is 24.6. The number of urea groups is 1. The summed E-state index contributed by atoms with van der Waals surface area (Å²) in [5, 5.41) is 5.87. The van der Waals surface area contributed by atoms with E-state index in [9.17, 15) is 9.59 Å². The second-order valence-corrected chi connectivity index (χ2v) is 5.00. The Morgan fingerprint density at radius 1 is 1.44 bits per heavy atom. The predicted molar refractivity (Wildman–Crippen MR) is 60.8 cm³/mol. The van der Waals surface area contributed by atoms with Gasteiger partial charge < -0.3 is 21.3 Å². The number of hydrogen-bond acceptors (Lipinski definition) is 3. The summed E-state index contributed by atoms with van der Waals surface area (Å²) in [7, 11) is 0. The number of carbonyl (C=O) groups is 2. The standard InChI is InChI=1S/C10H20N4O2/c1-10(2,3)13-9(16)14-5-4-12-6-7(14)8(11)15/h7,12H,4-6H2,1-3H3,(H2,11,15)(H,13,16). The average Bonchev–Trinajstić information content (AvgIpc) is 2.15. The predicted octanol–water partition coefficient (Wildman–Crippen LogP) is -0.746. The van der Waals surface area contributed by atoms with Crippen LogP contribution in [0.2, 0.25) is 0 Å². The second-order valence-electron chi connectivity index (χ2n) is 5.00. The smallest absolute Gasteiger partial charge is 0.318 e. The van der Waals surface area contributed by atoms with Crippen molar-refractivity contribution in [3.63, 3.8) is 0 Å². The van der Waals surface area contributed by atoms with Gasteiger partial charge in [-0.2, -0.15) is 0 Å². The highest BCUT2D eigenvalue weighted by Gasteiger charge is 2.31. The number of carbonyl (C=O) groups excluding carboxylic acids is 2. The van der Waals surface area contributed by atoms with E-state index >= 15 is 0 Å². The quantitative estimate of drug-likeness (QED) is 0.552. The van der Waals surface area contributed by atoms with Crippen molar-refractivity contribution in [1.29, 1.82) is 0 Å². The molecule has 4 N–H and O–H groups in total. The largest absolute Gasteiger partial charge is 0.368 e. The molecular weight excluding hydrogens is 208 g/mol. The summed E-state index contributed by atoms with van der Waals surface area (Å²) < 4.78 is 0. The van der Waals surface area contributed by atoms with E-state index in [0.717, 1.165) is 0 Å². The Balaban J connectivity index is 2.68. The Bertz CT molecular complexity index is 285. The number of primary amides is 1. The number of rotatable bonds is 1. The molecule has 0 saturated carbocycles. The van der Waals surface area contributed by atoms with Gasteiger partial charge in [-0.15, -0.1) is 0 Å². The zero-order chi connectivity index (χ0) is 12.3. The van der Waals surface area contributed by atoms with Gasteiger partial charge >= 0.3 is 6.03 Å². The van der Waals surface area contributed by atoms with Crippen LogP contribution in [0.3, 0.4) is 0 Å². The fraction of sp³-hybridized carbons (Fsp3) is 0.800. The molecule has 0 bridgehead atoms. The van der Waals surface area contributed by atoms with Crippen LogP contribution in [0, 0.1) is 0 Å². The molecular formula is C10H20N4O2. The van der Waals surface area contributed by atoms with E-state index < -0.39 is 11.9 Å². The molecule has 1 heterocycles. The SMILES string of the molecule is CC(C)(C)NC(=O)N1CCNCC1C(N)=O. The molecule has 6 heteroatoms. The van der Waals surface area contributed by atoms with Gasteiger partial charge in [0.05, 0.1) is 0 Å². The van der Waals surface area contributed by atoms with Crippen LogP contribution in [0.15, 0.2) is 0 Å². The van der Waals surface area contributed by atoms with E-state index in [1.54, 1.807) is 0 Å². The molecule has 0 aromatic carbocycles. The summed E-state index contributed by atoms with van der Waals surface area (Å²) in [6, 6.07) is -0.797. The topological polar surface area (TPSA) is 87.5 Å². The first kappa shape index (κ1) is 12.8. The van der Waals surface area contributed by atoms with E-state index in [2.05, 4.69) is 10.6 Å². The van der Waals surface area contributed by atoms with Gasteiger partial charge in [0.15, 0.2) is 0 Å². The normalized spacial score (nSPS) is 21.7. The molecule has 0 aliphatic carbocycles. The molecule has 3 amide bonds. The van der Waals surface area contributed by atoms with Crippen LogP contribution in [0.4, 0.5) is 4.79 Å². The van der Waals surface area contributed by atoms with Gasteiger partial charge in [0.2, 0.25) is 5.91 Å². The first-order chi connectivity index (χ1) is 7.31. The van der Waals surface area contributed by atoms with Crippen molar-refractivity contribution in [1.82, 2.24) is 15.5 Å². The maximum absolute atomic E-state index is 11.9. The van der Waals surface area contributed by atoms with Gasteiger partial charge in [0, 0.05) is 25.2 Å². The molecule has 1 aliphatic rings. The highest BCUT2D eigenvalue weighted by atomic mass is 16.2. The highest BCUT2D eigenvalue weighted by Crippen LogP contribution is 2.06. The lowest BCUT2D eigenvalue weighted by atomic mass is 10.1. The molecule has 1 rings (SSSR count). The van der Waals surface area contributed by atoms with Crippen molar-refractivity contribution in [3.8, 4) is 0 Å². The van der Waals surface area contributed by atoms with E-state index in [1.807, 2.05) is 20.8 Å². The van der Waals surface area contributed by atoms with Crippen molar-refractivity contribution in [2.24, 2.45) is 5.73 Å². The third-order valence-electron chi connectivity index (χ3n) is 2.31. The molecule has 0 aromatic rings. The zero-order valence-electron chi connectivity index (χ0n) is 10.0. The Morgan fingerprint density at radius 2 is 2.06 bits per heavy atom. The van der Waals surface area contributed by atoms with Crippen LogP contribution in [-0.2, 0) is 4.79 Å². The van der Waals surface area contributed by atoms with Gasteiger partial charge in [0.1, 0.15) is 6.04 Å². The van der Waals surface area contributed by atoms with Crippen molar-refractivity contribution < 1.29 is 9.59 Å². The van der Waals surface area contributed by atoms with Gasteiger partial charge in [-0.1, -0.05) is 0 Å². The van der Waals surface area contributed by atoms with Crippen LogP contribution in [0.1, 0.15) is 20.8 Å². The molecule has 6 nitrogen and oxygen atoms in total. The monoisotopic (exact) mass is 228 g/mol. The van der Waals surface area contributed by atoms with Crippen LogP contribution in [0.5, 0.6) is 0 Å². The number of nitrogens with zero attached hydrogens (tertiary/aromatic N) is 1. The lowest BCUT2D eigenvalue weighted by Gasteiger charge is -2.36. The number of piperazine rings is 1. The lowest BCUT2D eigenvalue weighted by molar-refractivity contribution is -0.122. The number of nitrogens with two attached hydrogens (primary N) is 1. The number of amides is 3. The molecule has 1 aliphatic heterocycles. The van der Waals surface area contributed by atoms with E-state index in [0.29, 0.717) is 19.6 Å². The van der Waals surface area contributed by atoms with Crippen molar-refractivity contribution in [2.45, 2.75) is 32.4 Å². The Labute approximate surface area is 95.5 Å². The molecule has 1 fully saturated rings. The minimum absolute atomic E-state index is 0.238. The fourth-order valence-electron chi connectivity index (χ4n) is 1.59. The summed E-state index contributed by atoms with van der Waals surface area (Å²) in [6.07, 6.45) is 0. The zero-order valence-corrected chi connectivity index (χ0v) is 10.0. The maximum Gasteiger partial charge on any atom is 0.318 e. The summed E-state index contributed by atoms with van der Waals surface area (Å²) in [6.45, 7) is 7.29. The lowest BCUT2D eigenvalue weighted by Crippen LogP contribution is -2.62. The van der Waals surface area contributed by atoms with Crippen molar-refractivity contribution in [3.05, 3.63) is 0 Å². The fourth-order valence-corrected chi connectivity index (χ4v) is 1.59.